The molecule has 3 heterocycles. The van der Waals surface area contributed by atoms with Gasteiger partial charge in [-0.25, -0.2) is 4.98 Å². The van der Waals surface area contributed by atoms with E-state index in [9.17, 15) is 9.59 Å². The van der Waals surface area contributed by atoms with Crippen LogP contribution in [0, 0.1) is 5.92 Å². The summed E-state index contributed by atoms with van der Waals surface area (Å²) >= 11 is 0. The van der Waals surface area contributed by atoms with Crippen LogP contribution in [0.25, 0.3) is 0 Å². The van der Waals surface area contributed by atoms with Gasteiger partial charge >= 0.3 is 0 Å². The van der Waals surface area contributed by atoms with Gasteiger partial charge in [0.05, 0.1) is 31.0 Å². The summed E-state index contributed by atoms with van der Waals surface area (Å²) in [5.74, 6) is 1.97. The van der Waals surface area contributed by atoms with Crippen molar-refractivity contribution in [3.8, 4) is 0 Å². The molecule has 1 aliphatic rings. The van der Waals surface area contributed by atoms with Gasteiger partial charge in [-0.15, -0.1) is 0 Å². The first-order valence-corrected chi connectivity index (χ1v) is 9.08. The summed E-state index contributed by atoms with van der Waals surface area (Å²) in [6.45, 7) is 7.86. The number of nitrogens with zero attached hydrogens (tertiary/aromatic N) is 3. The van der Waals surface area contributed by atoms with Crippen LogP contribution in [0.15, 0.2) is 29.0 Å². The molecule has 1 aliphatic heterocycles. The van der Waals surface area contributed by atoms with Crippen LogP contribution in [0.1, 0.15) is 50.5 Å². The molecule has 0 unspecified atom stereocenters. The van der Waals surface area contributed by atoms with Crippen molar-refractivity contribution >= 4 is 11.8 Å². The average Bonchev–Trinajstić information content (AvgIpc) is 3.22. The lowest BCUT2D eigenvalue weighted by Gasteiger charge is -2.34. The van der Waals surface area contributed by atoms with E-state index in [-0.39, 0.29) is 24.3 Å². The minimum atomic E-state index is -0.0998. The molecular weight excluding hydrogens is 332 g/mol. The number of imidazole rings is 1. The molecule has 7 heteroatoms. The van der Waals surface area contributed by atoms with Gasteiger partial charge in [-0.05, 0) is 25.0 Å². The van der Waals surface area contributed by atoms with Crippen molar-refractivity contribution < 1.29 is 14.0 Å². The zero-order valence-corrected chi connectivity index (χ0v) is 15.6. The van der Waals surface area contributed by atoms with Crippen molar-refractivity contribution in [1.82, 2.24) is 19.8 Å². The first-order chi connectivity index (χ1) is 12.4. The van der Waals surface area contributed by atoms with Crippen molar-refractivity contribution in [3.63, 3.8) is 0 Å². The average molecular weight is 358 g/mol. The number of fused-ring (bicyclic) bond motifs is 1. The summed E-state index contributed by atoms with van der Waals surface area (Å²) in [6, 6.07) is 3.54. The van der Waals surface area contributed by atoms with E-state index in [0.29, 0.717) is 32.0 Å². The van der Waals surface area contributed by atoms with Crippen molar-refractivity contribution in [1.29, 1.82) is 0 Å². The van der Waals surface area contributed by atoms with Gasteiger partial charge < -0.3 is 19.2 Å². The molecule has 1 N–H and O–H groups in total. The van der Waals surface area contributed by atoms with Crippen molar-refractivity contribution in [2.75, 3.05) is 6.54 Å². The molecule has 0 aliphatic carbocycles. The lowest BCUT2D eigenvalue weighted by molar-refractivity contribution is -0.135. The van der Waals surface area contributed by atoms with Crippen molar-refractivity contribution in [2.45, 2.75) is 52.7 Å². The lowest BCUT2D eigenvalue weighted by atomic mass is 10.1. The smallest absolute Gasteiger partial charge is 0.226 e. The quantitative estimate of drug-likeness (QED) is 0.859. The highest BCUT2D eigenvalue weighted by Crippen LogP contribution is 2.26. The zero-order chi connectivity index (χ0) is 18.7. The van der Waals surface area contributed by atoms with Gasteiger partial charge in [0.2, 0.25) is 11.8 Å². The second-order valence-corrected chi connectivity index (χ2v) is 7.18. The molecule has 0 spiro atoms. The monoisotopic (exact) mass is 358 g/mol. The third-order valence-corrected chi connectivity index (χ3v) is 4.57. The second kappa shape index (κ2) is 7.76. The molecular formula is C19H26N4O3. The van der Waals surface area contributed by atoms with Crippen LogP contribution in [0.5, 0.6) is 0 Å². The second-order valence-electron chi connectivity index (χ2n) is 7.18. The Morgan fingerprint density at radius 3 is 2.88 bits per heavy atom. The van der Waals surface area contributed by atoms with Crippen LogP contribution < -0.4 is 5.32 Å². The Labute approximate surface area is 153 Å². The van der Waals surface area contributed by atoms with Crippen molar-refractivity contribution in [3.05, 3.63) is 41.9 Å². The molecule has 0 saturated carbocycles. The summed E-state index contributed by atoms with van der Waals surface area (Å²) in [7, 11) is 0. The SMILES string of the molecule is CC(C)CC(=O)N1CCn2cc(CC(=O)NCc3ccco3)nc2[C@@H]1C. The number of furan rings is 1. The van der Waals surface area contributed by atoms with Crippen molar-refractivity contribution in [2.24, 2.45) is 5.92 Å². The maximum atomic E-state index is 12.4. The molecule has 0 radical (unpaired) electrons. The fourth-order valence-electron chi connectivity index (χ4n) is 3.27. The highest BCUT2D eigenvalue weighted by atomic mass is 16.3. The molecule has 0 saturated heterocycles. The minimum Gasteiger partial charge on any atom is -0.467 e. The molecule has 1 atom stereocenters. The lowest BCUT2D eigenvalue weighted by Crippen LogP contribution is -2.41. The van der Waals surface area contributed by atoms with E-state index in [1.54, 1.807) is 12.3 Å². The zero-order valence-electron chi connectivity index (χ0n) is 15.6. The number of amides is 2. The molecule has 0 fully saturated rings. The maximum absolute atomic E-state index is 12.4. The summed E-state index contributed by atoms with van der Waals surface area (Å²) in [5, 5.41) is 2.83. The highest BCUT2D eigenvalue weighted by Gasteiger charge is 2.29. The number of nitrogens with one attached hydrogen (secondary N) is 1. The van der Waals surface area contributed by atoms with Gasteiger partial charge in [-0.1, -0.05) is 13.8 Å². The fraction of sp³-hybridized carbons (Fsp3) is 0.526. The van der Waals surface area contributed by atoms with Crippen LogP contribution in [-0.2, 0) is 29.1 Å². The van der Waals surface area contributed by atoms with E-state index in [4.69, 9.17) is 4.42 Å². The Hall–Kier alpha value is -2.57. The van der Waals surface area contributed by atoms with Crippen LogP contribution >= 0.6 is 0 Å². The fourth-order valence-corrected chi connectivity index (χ4v) is 3.27. The highest BCUT2D eigenvalue weighted by molar-refractivity contribution is 5.78. The third kappa shape index (κ3) is 4.15. The number of aromatic nitrogens is 2. The number of carbonyl (C=O) groups excluding carboxylic acids is 2. The van der Waals surface area contributed by atoms with Gasteiger partial charge in [0.25, 0.3) is 0 Å². The van der Waals surface area contributed by atoms with Crippen LogP contribution in [-0.4, -0.2) is 32.8 Å². The molecule has 2 amide bonds. The normalized spacial score (nSPS) is 16.6. The molecule has 2 aromatic rings. The number of hydrogen-bond donors (Lipinski definition) is 1. The molecule has 140 valence electrons. The van der Waals surface area contributed by atoms with Crippen LogP contribution in [0.2, 0.25) is 0 Å². The number of carbonyl (C=O) groups is 2. The summed E-state index contributed by atoms with van der Waals surface area (Å²) < 4.78 is 7.26. The van der Waals surface area contributed by atoms with E-state index in [0.717, 1.165) is 17.3 Å². The maximum Gasteiger partial charge on any atom is 0.226 e. The van der Waals surface area contributed by atoms with E-state index in [2.05, 4.69) is 14.9 Å². The summed E-state index contributed by atoms with van der Waals surface area (Å²) in [5.41, 5.74) is 0.724. The largest absolute Gasteiger partial charge is 0.467 e. The van der Waals surface area contributed by atoms with Gasteiger partial charge in [0, 0.05) is 25.7 Å². The Bertz CT molecular complexity index is 764. The first kappa shape index (κ1) is 18.2. The Morgan fingerprint density at radius 2 is 2.19 bits per heavy atom. The Kier molecular flexibility index (Phi) is 5.44. The van der Waals surface area contributed by atoms with Gasteiger partial charge in [-0.3, -0.25) is 9.59 Å². The molecule has 2 aromatic heterocycles. The third-order valence-electron chi connectivity index (χ3n) is 4.57. The predicted molar refractivity (Wildman–Crippen MR) is 96.1 cm³/mol. The Morgan fingerprint density at radius 1 is 1.38 bits per heavy atom. The van der Waals surface area contributed by atoms with E-state index < -0.39 is 0 Å². The van der Waals surface area contributed by atoms with E-state index in [1.165, 1.54) is 0 Å². The minimum absolute atomic E-state index is 0.0741. The Balaban J connectivity index is 1.61. The summed E-state index contributed by atoms with van der Waals surface area (Å²) in [6.07, 6.45) is 4.27. The molecule has 3 rings (SSSR count). The van der Waals surface area contributed by atoms with E-state index in [1.807, 2.05) is 37.9 Å². The van der Waals surface area contributed by atoms with E-state index >= 15 is 0 Å². The summed E-state index contributed by atoms with van der Waals surface area (Å²) in [4.78, 5) is 31.1. The van der Waals surface area contributed by atoms with Crippen LogP contribution in [0.4, 0.5) is 0 Å². The molecule has 0 bridgehead atoms. The van der Waals surface area contributed by atoms with Gasteiger partial charge in [-0.2, -0.15) is 0 Å². The first-order valence-electron chi connectivity index (χ1n) is 9.08. The van der Waals surface area contributed by atoms with Crippen LogP contribution in [0.3, 0.4) is 0 Å². The van der Waals surface area contributed by atoms with Gasteiger partial charge in [0.15, 0.2) is 0 Å². The standard InChI is InChI=1S/C19H26N4O3/c1-13(2)9-18(25)23-7-6-22-12-15(21-19(22)14(23)3)10-17(24)20-11-16-5-4-8-26-16/h4-5,8,12-14H,6-7,9-11H2,1-3H3,(H,20,24)/t14-/m0/s1. The molecule has 26 heavy (non-hydrogen) atoms. The number of rotatable bonds is 6. The number of hydrogen-bond acceptors (Lipinski definition) is 4. The topological polar surface area (TPSA) is 80.4 Å². The predicted octanol–water partition coefficient (Wildman–Crippen LogP) is 2.28. The molecule has 7 nitrogen and oxygen atoms in total. The molecule has 0 aromatic carbocycles. The van der Waals surface area contributed by atoms with Gasteiger partial charge in [0.1, 0.15) is 11.6 Å².